The molecule has 1 heterocycles. The Balaban J connectivity index is 1.72. The fourth-order valence-electron chi connectivity index (χ4n) is 3.00. The maximum absolute atomic E-state index is 12.6. The first-order chi connectivity index (χ1) is 14.5. The number of aryl methyl sites for hydroxylation is 1. The van der Waals surface area contributed by atoms with Crippen LogP contribution in [-0.2, 0) is 27.5 Å². The summed E-state index contributed by atoms with van der Waals surface area (Å²) in [5.74, 6) is -0.200. The van der Waals surface area contributed by atoms with Gasteiger partial charge >= 0.3 is 0 Å². The second-order valence-electron chi connectivity index (χ2n) is 6.88. The molecule has 0 spiro atoms. The highest BCUT2D eigenvalue weighted by Gasteiger charge is 2.14. The summed E-state index contributed by atoms with van der Waals surface area (Å²) in [4.78, 5) is 16.9. The van der Waals surface area contributed by atoms with Crippen LogP contribution in [0, 0.1) is 0 Å². The van der Waals surface area contributed by atoms with Gasteiger partial charge in [0.2, 0.25) is 5.91 Å². The van der Waals surface area contributed by atoms with Crippen LogP contribution in [0.25, 0.3) is 0 Å². The Labute approximate surface area is 177 Å². The third kappa shape index (κ3) is 6.67. The van der Waals surface area contributed by atoms with E-state index in [1.807, 2.05) is 36.4 Å². The van der Waals surface area contributed by atoms with E-state index in [4.69, 9.17) is 0 Å². The van der Waals surface area contributed by atoms with E-state index in [9.17, 15) is 13.2 Å². The second-order valence-corrected chi connectivity index (χ2v) is 8.72. The molecular formula is C24H24N2O3S. The highest BCUT2D eigenvalue weighted by atomic mass is 32.2. The SMILES string of the molecule is O=C(Cc1ccccn1)NC(C=CS(=O)(=O)c1ccccc1)CCc1ccccc1. The average molecular weight is 421 g/mol. The Bertz CT molecular complexity index is 1070. The van der Waals surface area contributed by atoms with E-state index in [1.54, 1.807) is 54.7 Å². The number of amides is 1. The van der Waals surface area contributed by atoms with Crippen LogP contribution in [0.15, 0.2) is 101 Å². The van der Waals surface area contributed by atoms with E-state index in [-0.39, 0.29) is 17.2 Å². The Kier molecular flexibility index (Phi) is 7.51. The largest absolute Gasteiger partial charge is 0.350 e. The number of carbonyl (C=O) groups excluding carboxylic acids is 1. The Morgan fingerprint density at radius 3 is 2.27 bits per heavy atom. The number of nitrogens with zero attached hydrogens (tertiary/aromatic N) is 1. The molecule has 1 unspecified atom stereocenters. The minimum atomic E-state index is -3.58. The molecular weight excluding hydrogens is 396 g/mol. The molecule has 1 aromatic heterocycles. The molecule has 1 atom stereocenters. The van der Waals surface area contributed by atoms with Gasteiger partial charge in [-0.25, -0.2) is 8.42 Å². The Morgan fingerprint density at radius 1 is 0.933 bits per heavy atom. The quantitative estimate of drug-likeness (QED) is 0.572. The highest BCUT2D eigenvalue weighted by molar-refractivity contribution is 7.94. The zero-order valence-corrected chi connectivity index (χ0v) is 17.3. The second kappa shape index (κ2) is 10.5. The summed E-state index contributed by atoms with van der Waals surface area (Å²) in [6.45, 7) is 0. The first-order valence-electron chi connectivity index (χ1n) is 9.74. The van der Waals surface area contributed by atoms with Gasteiger partial charge in [0, 0.05) is 23.3 Å². The van der Waals surface area contributed by atoms with Crippen LogP contribution < -0.4 is 5.32 Å². The van der Waals surface area contributed by atoms with Crippen molar-refractivity contribution in [3.63, 3.8) is 0 Å². The van der Waals surface area contributed by atoms with E-state index in [2.05, 4.69) is 10.3 Å². The van der Waals surface area contributed by atoms with E-state index < -0.39 is 15.9 Å². The lowest BCUT2D eigenvalue weighted by Gasteiger charge is -2.15. The van der Waals surface area contributed by atoms with Crippen LogP contribution in [-0.4, -0.2) is 25.4 Å². The van der Waals surface area contributed by atoms with Crippen molar-refractivity contribution in [1.82, 2.24) is 10.3 Å². The molecule has 0 saturated heterocycles. The number of hydrogen-bond donors (Lipinski definition) is 1. The van der Waals surface area contributed by atoms with Crippen molar-refractivity contribution in [2.24, 2.45) is 0 Å². The number of nitrogens with one attached hydrogen (secondary N) is 1. The van der Waals surface area contributed by atoms with Crippen molar-refractivity contribution in [2.75, 3.05) is 0 Å². The topological polar surface area (TPSA) is 76.1 Å². The zero-order valence-electron chi connectivity index (χ0n) is 16.5. The molecule has 5 nitrogen and oxygen atoms in total. The summed E-state index contributed by atoms with van der Waals surface area (Å²) < 4.78 is 25.2. The fourth-order valence-corrected chi connectivity index (χ4v) is 4.09. The van der Waals surface area contributed by atoms with Crippen LogP contribution in [0.1, 0.15) is 17.7 Å². The molecule has 2 aromatic carbocycles. The smallest absolute Gasteiger partial charge is 0.226 e. The monoisotopic (exact) mass is 420 g/mol. The van der Waals surface area contributed by atoms with Gasteiger partial charge in [0.25, 0.3) is 0 Å². The minimum Gasteiger partial charge on any atom is -0.350 e. The van der Waals surface area contributed by atoms with E-state index in [0.29, 0.717) is 18.5 Å². The number of carbonyl (C=O) groups is 1. The van der Waals surface area contributed by atoms with Crippen LogP contribution in [0.4, 0.5) is 0 Å². The fraction of sp³-hybridized carbons (Fsp3) is 0.167. The number of benzene rings is 2. The summed E-state index contributed by atoms with van der Waals surface area (Å²) in [6.07, 6.45) is 4.63. The molecule has 0 aliphatic heterocycles. The van der Waals surface area contributed by atoms with Crippen LogP contribution in [0.2, 0.25) is 0 Å². The van der Waals surface area contributed by atoms with Crippen molar-refractivity contribution in [3.8, 4) is 0 Å². The predicted molar refractivity (Wildman–Crippen MR) is 117 cm³/mol. The van der Waals surface area contributed by atoms with Gasteiger partial charge in [0.15, 0.2) is 9.84 Å². The molecule has 1 N–H and O–H groups in total. The number of rotatable bonds is 9. The first kappa shape index (κ1) is 21.5. The van der Waals surface area contributed by atoms with Gasteiger partial charge in [-0.05, 0) is 42.7 Å². The van der Waals surface area contributed by atoms with Gasteiger partial charge in [-0.3, -0.25) is 9.78 Å². The molecule has 0 fully saturated rings. The van der Waals surface area contributed by atoms with Gasteiger partial charge < -0.3 is 5.32 Å². The van der Waals surface area contributed by atoms with E-state index >= 15 is 0 Å². The van der Waals surface area contributed by atoms with Crippen molar-refractivity contribution in [2.45, 2.75) is 30.2 Å². The molecule has 1 amide bonds. The summed E-state index contributed by atoms with van der Waals surface area (Å²) in [7, 11) is -3.58. The number of aromatic nitrogens is 1. The van der Waals surface area contributed by atoms with Gasteiger partial charge in [0.1, 0.15) is 0 Å². The summed E-state index contributed by atoms with van der Waals surface area (Å²) in [6, 6.07) is 23.1. The average Bonchev–Trinajstić information content (AvgIpc) is 2.77. The van der Waals surface area contributed by atoms with Gasteiger partial charge in [-0.1, -0.05) is 60.7 Å². The van der Waals surface area contributed by atoms with E-state index in [1.165, 1.54) is 5.41 Å². The third-order valence-corrected chi connectivity index (χ3v) is 6.01. The molecule has 30 heavy (non-hydrogen) atoms. The lowest BCUT2D eigenvalue weighted by atomic mass is 10.1. The maximum Gasteiger partial charge on any atom is 0.226 e. The minimum absolute atomic E-state index is 0.141. The molecule has 3 aromatic rings. The maximum atomic E-state index is 12.6. The predicted octanol–water partition coefficient (Wildman–Crippen LogP) is 3.73. The van der Waals surface area contributed by atoms with Crippen molar-refractivity contribution in [3.05, 3.63) is 108 Å². The summed E-state index contributed by atoms with van der Waals surface area (Å²) >= 11 is 0. The summed E-state index contributed by atoms with van der Waals surface area (Å²) in [5, 5.41) is 4.11. The first-order valence-corrected chi connectivity index (χ1v) is 11.3. The van der Waals surface area contributed by atoms with Crippen LogP contribution in [0.3, 0.4) is 0 Å². The highest BCUT2D eigenvalue weighted by Crippen LogP contribution is 2.13. The third-order valence-electron chi connectivity index (χ3n) is 4.56. The van der Waals surface area contributed by atoms with Crippen LogP contribution >= 0.6 is 0 Å². The molecule has 0 aliphatic rings. The molecule has 154 valence electrons. The molecule has 6 heteroatoms. The Morgan fingerprint density at radius 2 is 1.60 bits per heavy atom. The van der Waals surface area contributed by atoms with Crippen LogP contribution in [0.5, 0.6) is 0 Å². The number of sulfone groups is 1. The Hall–Kier alpha value is -3.25. The normalized spacial score (nSPS) is 12.5. The van der Waals surface area contributed by atoms with Crippen molar-refractivity contribution in [1.29, 1.82) is 0 Å². The lowest BCUT2D eigenvalue weighted by Crippen LogP contribution is -2.35. The standard InChI is InChI=1S/C24H24N2O3S/c27-24(19-22-11-7-8-17-25-22)26-21(15-14-20-9-3-1-4-10-20)16-18-30(28,29)23-12-5-2-6-13-23/h1-13,16-18,21H,14-15,19H2,(H,26,27). The zero-order chi connectivity index (χ0) is 21.2. The van der Waals surface area contributed by atoms with Gasteiger partial charge in [-0.2, -0.15) is 0 Å². The molecule has 0 radical (unpaired) electrons. The number of hydrogen-bond acceptors (Lipinski definition) is 4. The molecule has 0 saturated carbocycles. The van der Waals surface area contributed by atoms with Crippen molar-refractivity contribution >= 4 is 15.7 Å². The molecule has 0 bridgehead atoms. The van der Waals surface area contributed by atoms with Gasteiger partial charge in [0.05, 0.1) is 11.3 Å². The van der Waals surface area contributed by atoms with Gasteiger partial charge in [-0.15, -0.1) is 0 Å². The van der Waals surface area contributed by atoms with Crippen molar-refractivity contribution < 1.29 is 13.2 Å². The lowest BCUT2D eigenvalue weighted by molar-refractivity contribution is -0.120. The molecule has 3 rings (SSSR count). The van der Waals surface area contributed by atoms with E-state index in [0.717, 1.165) is 5.56 Å². The number of pyridine rings is 1. The summed E-state index contributed by atoms with van der Waals surface area (Å²) in [5.41, 5.74) is 1.79. The molecule has 0 aliphatic carbocycles.